The Morgan fingerprint density at radius 2 is 1.43 bits per heavy atom. The molecule has 30 heavy (non-hydrogen) atoms. The van der Waals surface area contributed by atoms with E-state index < -0.39 is 0 Å². The third-order valence-corrected chi connectivity index (χ3v) is 5.01. The van der Waals surface area contributed by atoms with Gasteiger partial charge >= 0.3 is 0 Å². The first-order valence-corrected chi connectivity index (χ1v) is 10.2. The predicted octanol–water partition coefficient (Wildman–Crippen LogP) is 4.30. The number of hydrogen-bond acceptors (Lipinski definition) is 4. The van der Waals surface area contributed by atoms with Crippen molar-refractivity contribution in [2.24, 2.45) is 0 Å². The molecular formula is C23H32ClN3O3. The van der Waals surface area contributed by atoms with Crippen LogP contribution in [-0.2, 0) is 4.79 Å². The quantitative estimate of drug-likeness (QED) is 0.640. The normalized spacial score (nSPS) is 10.4. The fraction of sp³-hybridized carbons (Fsp3) is 0.391. The molecule has 2 amide bonds. The van der Waals surface area contributed by atoms with Crippen molar-refractivity contribution in [1.29, 1.82) is 0 Å². The van der Waals surface area contributed by atoms with Crippen LogP contribution in [0.15, 0.2) is 48.5 Å². The molecule has 0 heterocycles. The van der Waals surface area contributed by atoms with E-state index in [4.69, 9.17) is 0 Å². The van der Waals surface area contributed by atoms with Gasteiger partial charge in [-0.3, -0.25) is 19.4 Å². The fourth-order valence-electron chi connectivity index (χ4n) is 3.22. The van der Waals surface area contributed by atoms with Gasteiger partial charge in [-0.2, -0.15) is 0 Å². The number of halogens is 1. The molecule has 164 valence electrons. The molecule has 2 rings (SSSR count). The van der Waals surface area contributed by atoms with Gasteiger partial charge in [0.2, 0.25) is 5.91 Å². The molecule has 0 spiro atoms. The topological polar surface area (TPSA) is 64.1 Å². The molecule has 0 aromatic heterocycles. The van der Waals surface area contributed by atoms with Gasteiger partial charge in [0.15, 0.2) is 0 Å². The monoisotopic (exact) mass is 433 g/mol. The number of likely N-dealkylation sites (N-methyl/N-ethyl adjacent to an activating group) is 1. The lowest BCUT2D eigenvalue weighted by atomic mass is 10.1. The Hall–Kier alpha value is -2.57. The number of phenols is 1. The number of rotatable bonds is 9. The molecule has 7 heteroatoms. The zero-order valence-electron chi connectivity index (χ0n) is 18.2. The van der Waals surface area contributed by atoms with Gasteiger partial charge < -0.3 is 10.0 Å². The standard InChI is InChI=1S/C23H31N3O3.ClH/c1-5-24(6-2)17-22(28)26(20-10-9-11-21(27)16-20)19-14-12-18(13-15-19)23(29)25(7-3)8-4;/h9-16,27H,5-8,17H2,1-4H3;1H. The number of carbonyl (C=O) groups is 2. The van der Waals surface area contributed by atoms with Gasteiger partial charge in [0.25, 0.3) is 5.91 Å². The molecule has 1 N–H and O–H groups in total. The van der Waals surface area contributed by atoms with Gasteiger partial charge in [-0.15, -0.1) is 12.4 Å². The number of phenolic OH excluding ortho intramolecular Hbond substituents is 1. The second-order valence-corrected chi connectivity index (χ2v) is 6.73. The third kappa shape index (κ3) is 6.21. The molecule has 0 atom stereocenters. The average Bonchev–Trinajstić information content (AvgIpc) is 2.73. The van der Waals surface area contributed by atoms with Crippen LogP contribution in [0.1, 0.15) is 38.1 Å². The summed E-state index contributed by atoms with van der Waals surface area (Å²) in [5.41, 5.74) is 1.83. The fourth-order valence-corrected chi connectivity index (χ4v) is 3.22. The Balaban J connectivity index is 0.00000450. The van der Waals surface area contributed by atoms with Crippen molar-refractivity contribution in [3.8, 4) is 5.75 Å². The van der Waals surface area contributed by atoms with E-state index in [1.165, 1.54) is 0 Å². The van der Waals surface area contributed by atoms with E-state index in [1.54, 1.807) is 58.3 Å². The zero-order chi connectivity index (χ0) is 21.4. The minimum Gasteiger partial charge on any atom is -0.508 e. The maximum Gasteiger partial charge on any atom is 0.253 e. The van der Waals surface area contributed by atoms with Gasteiger partial charge in [0.1, 0.15) is 5.75 Å². The summed E-state index contributed by atoms with van der Waals surface area (Å²) < 4.78 is 0. The number of aromatic hydroxyl groups is 1. The van der Waals surface area contributed by atoms with Gasteiger partial charge in [0.05, 0.1) is 12.2 Å². The number of carbonyl (C=O) groups excluding carboxylic acids is 2. The van der Waals surface area contributed by atoms with Gasteiger partial charge in [-0.05, 0) is 63.3 Å². The highest BCUT2D eigenvalue weighted by Gasteiger charge is 2.21. The van der Waals surface area contributed by atoms with Crippen LogP contribution in [0.2, 0.25) is 0 Å². The third-order valence-electron chi connectivity index (χ3n) is 5.01. The van der Waals surface area contributed by atoms with E-state index in [0.717, 1.165) is 13.1 Å². The maximum atomic E-state index is 13.1. The summed E-state index contributed by atoms with van der Waals surface area (Å²) in [7, 11) is 0. The van der Waals surface area contributed by atoms with Crippen molar-refractivity contribution in [1.82, 2.24) is 9.80 Å². The molecule has 2 aromatic carbocycles. The summed E-state index contributed by atoms with van der Waals surface area (Å²) in [6, 6.07) is 13.7. The maximum absolute atomic E-state index is 13.1. The number of anilines is 2. The van der Waals surface area contributed by atoms with Crippen LogP contribution in [-0.4, -0.2) is 59.4 Å². The smallest absolute Gasteiger partial charge is 0.253 e. The molecule has 0 bridgehead atoms. The molecule has 0 saturated carbocycles. The van der Waals surface area contributed by atoms with E-state index in [-0.39, 0.29) is 36.5 Å². The van der Waals surface area contributed by atoms with Gasteiger partial charge in [-0.1, -0.05) is 19.9 Å². The van der Waals surface area contributed by atoms with Crippen molar-refractivity contribution in [2.45, 2.75) is 27.7 Å². The van der Waals surface area contributed by atoms with E-state index in [2.05, 4.69) is 0 Å². The highest BCUT2D eigenvalue weighted by atomic mass is 35.5. The molecule has 0 aliphatic heterocycles. The molecule has 0 radical (unpaired) electrons. The molecule has 0 aliphatic carbocycles. The van der Waals surface area contributed by atoms with Crippen LogP contribution in [0.4, 0.5) is 11.4 Å². The Kier molecular flexibility index (Phi) is 10.4. The first-order chi connectivity index (χ1) is 13.9. The summed E-state index contributed by atoms with van der Waals surface area (Å²) in [5.74, 6) is -0.0292. The lowest BCUT2D eigenvalue weighted by Gasteiger charge is -2.27. The number of hydrogen-bond donors (Lipinski definition) is 1. The molecule has 0 unspecified atom stereocenters. The largest absolute Gasteiger partial charge is 0.508 e. The number of amides is 2. The van der Waals surface area contributed by atoms with E-state index in [1.807, 2.05) is 32.6 Å². The van der Waals surface area contributed by atoms with Gasteiger partial charge in [0, 0.05) is 30.4 Å². The van der Waals surface area contributed by atoms with Crippen LogP contribution in [0.25, 0.3) is 0 Å². The van der Waals surface area contributed by atoms with Crippen LogP contribution >= 0.6 is 12.4 Å². The van der Waals surface area contributed by atoms with E-state index in [0.29, 0.717) is 30.0 Å². The predicted molar refractivity (Wildman–Crippen MR) is 124 cm³/mol. The summed E-state index contributed by atoms with van der Waals surface area (Å²) in [6.45, 7) is 11.0. The highest BCUT2D eigenvalue weighted by Crippen LogP contribution is 2.29. The minimum absolute atomic E-state index is 0. The highest BCUT2D eigenvalue weighted by molar-refractivity contribution is 6.02. The van der Waals surface area contributed by atoms with Crippen LogP contribution < -0.4 is 4.90 Å². The second-order valence-electron chi connectivity index (χ2n) is 6.73. The average molecular weight is 434 g/mol. The first kappa shape index (κ1) is 25.5. The van der Waals surface area contributed by atoms with Crippen LogP contribution in [0.3, 0.4) is 0 Å². The van der Waals surface area contributed by atoms with Crippen molar-refractivity contribution in [2.75, 3.05) is 37.6 Å². The van der Waals surface area contributed by atoms with Crippen molar-refractivity contribution in [3.63, 3.8) is 0 Å². The van der Waals surface area contributed by atoms with Gasteiger partial charge in [-0.25, -0.2) is 0 Å². The molecule has 2 aromatic rings. The zero-order valence-corrected chi connectivity index (χ0v) is 19.0. The lowest BCUT2D eigenvalue weighted by Crippen LogP contribution is -2.38. The minimum atomic E-state index is -0.0953. The van der Waals surface area contributed by atoms with Crippen LogP contribution in [0.5, 0.6) is 5.75 Å². The number of benzene rings is 2. The summed E-state index contributed by atoms with van der Waals surface area (Å²) in [6.07, 6.45) is 0. The summed E-state index contributed by atoms with van der Waals surface area (Å²) >= 11 is 0. The van der Waals surface area contributed by atoms with Crippen molar-refractivity contribution < 1.29 is 14.7 Å². The SMILES string of the molecule is CCN(CC)CC(=O)N(c1ccc(C(=O)N(CC)CC)cc1)c1cccc(O)c1.Cl. The molecular weight excluding hydrogens is 402 g/mol. The Morgan fingerprint density at radius 3 is 1.93 bits per heavy atom. The molecule has 0 fully saturated rings. The molecule has 0 saturated heterocycles. The summed E-state index contributed by atoms with van der Waals surface area (Å²) in [4.78, 5) is 31.1. The first-order valence-electron chi connectivity index (χ1n) is 10.2. The van der Waals surface area contributed by atoms with Crippen LogP contribution in [0, 0.1) is 0 Å². The Labute approximate surface area is 185 Å². The summed E-state index contributed by atoms with van der Waals surface area (Å²) in [5, 5.41) is 9.90. The molecule has 6 nitrogen and oxygen atoms in total. The number of nitrogens with zero attached hydrogens (tertiary/aromatic N) is 3. The molecule has 0 aliphatic rings. The van der Waals surface area contributed by atoms with Crippen molar-refractivity contribution >= 4 is 35.6 Å². The Morgan fingerprint density at radius 1 is 0.833 bits per heavy atom. The van der Waals surface area contributed by atoms with Crippen molar-refractivity contribution in [3.05, 3.63) is 54.1 Å². The van der Waals surface area contributed by atoms with E-state index in [9.17, 15) is 14.7 Å². The Bertz CT molecular complexity index is 819. The second kappa shape index (κ2) is 12.2. The lowest BCUT2D eigenvalue weighted by molar-refractivity contribution is -0.119. The van der Waals surface area contributed by atoms with E-state index >= 15 is 0 Å².